The molecule has 0 radical (unpaired) electrons. The van der Waals surface area contributed by atoms with Crippen molar-refractivity contribution >= 4 is 27.7 Å². The Morgan fingerprint density at radius 3 is 2.58 bits per heavy atom. The summed E-state index contributed by atoms with van der Waals surface area (Å²) in [6.07, 6.45) is 3.33. The maximum atomic E-state index is 13.0. The summed E-state index contributed by atoms with van der Waals surface area (Å²) >= 11 is 3.61. The van der Waals surface area contributed by atoms with Gasteiger partial charge in [-0.2, -0.15) is 5.26 Å². The Kier molecular flexibility index (Phi) is 8.33. The zero-order valence-corrected chi connectivity index (χ0v) is 21.3. The zero-order chi connectivity index (χ0) is 24.0. The number of nitriles is 1. The minimum atomic E-state index is -0.435. The number of pyridine rings is 1. The number of rotatable bonds is 11. The second-order valence-corrected chi connectivity index (χ2v) is 9.07. The fraction of sp³-hybridized carbons (Fsp3) is 0.480. The molecule has 33 heavy (non-hydrogen) atoms. The molecule has 1 aliphatic carbocycles. The normalized spacial score (nSPS) is 14.8. The molecular formula is C25H31BrN4O3. The summed E-state index contributed by atoms with van der Waals surface area (Å²) in [4.78, 5) is 21.4. The van der Waals surface area contributed by atoms with Gasteiger partial charge >= 0.3 is 0 Å². The molecule has 8 heteroatoms. The summed E-state index contributed by atoms with van der Waals surface area (Å²) in [6.45, 7) is 8.05. The number of hydrogen-bond acceptors (Lipinski definition) is 6. The smallest absolute Gasteiger partial charge is 0.248 e. The van der Waals surface area contributed by atoms with Crippen LogP contribution in [0.4, 0.5) is 5.82 Å². The van der Waals surface area contributed by atoms with Crippen LogP contribution in [-0.2, 0) is 15.1 Å². The average Bonchev–Trinajstić information content (AvgIpc) is 3.63. The van der Waals surface area contributed by atoms with E-state index in [1.165, 1.54) is 0 Å². The number of methoxy groups -OCH3 is 1. The topological polar surface area (TPSA) is 78.7 Å². The SMILES string of the molecule is CCN(CC(C)N(CC)c1ccc(C#N)cn1)C(=O)COC1(c2cc(OC)ccc2Br)CC1. The number of anilines is 1. The highest BCUT2D eigenvalue weighted by Gasteiger charge is 2.47. The molecule has 0 spiro atoms. The summed E-state index contributed by atoms with van der Waals surface area (Å²) in [5.74, 6) is 1.54. The fourth-order valence-electron chi connectivity index (χ4n) is 4.02. The predicted molar refractivity (Wildman–Crippen MR) is 131 cm³/mol. The van der Waals surface area contributed by atoms with Crippen LogP contribution in [0.25, 0.3) is 0 Å². The molecule has 1 atom stereocenters. The minimum absolute atomic E-state index is 0.0292. The van der Waals surface area contributed by atoms with Crippen LogP contribution < -0.4 is 9.64 Å². The van der Waals surface area contributed by atoms with Gasteiger partial charge in [0.05, 0.1) is 18.3 Å². The molecule has 1 saturated carbocycles. The van der Waals surface area contributed by atoms with Gasteiger partial charge in [-0.1, -0.05) is 15.9 Å². The molecule has 1 aliphatic rings. The molecule has 1 heterocycles. The van der Waals surface area contributed by atoms with E-state index in [1.807, 2.05) is 36.1 Å². The Labute approximate surface area is 204 Å². The Hall–Kier alpha value is -2.63. The van der Waals surface area contributed by atoms with E-state index in [9.17, 15) is 4.79 Å². The molecule has 2 aromatic rings. The van der Waals surface area contributed by atoms with Gasteiger partial charge in [-0.05, 0) is 63.9 Å². The van der Waals surface area contributed by atoms with E-state index in [2.05, 4.69) is 45.7 Å². The number of nitrogens with zero attached hydrogens (tertiary/aromatic N) is 4. The van der Waals surface area contributed by atoms with Crippen LogP contribution in [-0.4, -0.2) is 55.2 Å². The fourth-order valence-corrected chi connectivity index (χ4v) is 4.63. The largest absolute Gasteiger partial charge is 0.497 e. The molecule has 0 aliphatic heterocycles. The van der Waals surface area contributed by atoms with Gasteiger partial charge in [0.15, 0.2) is 0 Å². The van der Waals surface area contributed by atoms with E-state index < -0.39 is 5.60 Å². The van der Waals surface area contributed by atoms with Crippen molar-refractivity contribution in [3.63, 3.8) is 0 Å². The highest BCUT2D eigenvalue weighted by Crippen LogP contribution is 2.52. The maximum Gasteiger partial charge on any atom is 0.248 e. The molecular weight excluding hydrogens is 484 g/mol. The van der Waals surface area contributed by atoms with Crippen LogP contribution >= 0.6 is 15.9 Å². The van der Waals surface area contributed by atoms with E-state index in [0.29, 0.717) is 18.7 Å². The summed E-state index contributed by atoms with van der Waals surface area (Å²) < 4.78 is 12.5. The lowest BCUT2D eigenvalue weighted by molar-refractivity contribution is -0.139. The number of likely N-dealkylation sites (N-methyl/N-ethyl adjacent to an activating group) is 2. The van der Waals surface area contributed by atoms with Crippen LogP contribution in [0.15, 0.2) is 41.0 Å². The van der Waals surface area contributed by atoms with Crippen molar-refractivity contribution in [2.24, 2.45) is 0 Å². The number of amides is 1. The molecule has 1 aromatic heterocycles. The molecule has 1 unspecified atom stereocenters. The summed E-state index contributed by atoms with van der Waals surface area (Å²) in [7, 11) is 1.64. The molecule has 0 bridgehead atoms. The zero-order valence-electron chi connectivity index (χ0n) is 19.7. The van der Waals surface area contributed by atoms with Crippen molar-refractivity contribution in [1.29, 1.82) is 5.26 Å². The van der Waals surface area contributed by atoms with Crippen LogP contribution in [0.1, 0.15) is 44.7 Å². The van der Waals surface area contributed by atoms with Crippen LogP contribution in [0.5, 0.6) is 5.75 Å². The van der Waals surface area contributed by atoms with Crippen molar-refractivity contribution in [2.45, 2.75) is 45.3 Å². The lowest BCUT2D eigenvalue weighted by Gasteiger charge is -2.33. The minimum Gasteiger partial charge on any atom is -0.497 e. The standard InChI is InChI=1S/C25H31BrN4O3/c1-5-29(16-18(3)30(6-2)23-10-7-19(14-27)15-28-23)24(31)17-33-25(11-12-25)21-13-20(32-4)8-9-22(21)26/h7-10,13,15,18H,5-6,11-12,16-17H2,1-4H3. The molecule has 0 saturated heterocycles. The first-order valence-corrected chi connectivity index (χ1v) is 12.0. The van der Waals surface area contributed by atoms with Crippen molar-refractivity contribution in [3.8, 4) is 11.8 Å². The van der Waals surface area contributed by atoms with E-state index in [-0.39, 0.29) is 18.6 Å². The molecule has 7 nitrogen and oxygen atoms in total. The first kappa shape index (κ1) is 25.0. The number of ether oxygens (including phenoxy) is 2. The van der Waals surface area contributed by atoms with E-state index in [1.54, 1.807) is 19.4 Å². The maximum absolute atomic E-state index is 13.0. The molecule has 1 aromatic carbocycles. The molecule has 3 rings (SSSR count). The molecule has 1 fully saturated rings. The van der Waals surface area contributed by atoms with Crippen molar-refractivity contribution in [2.75, 3.05) is 38.3 Å². The van der Waals surface area contributed by atoms with E-state index in [0.717, 1.165) is 41.0 Å². The third kappa shape index (κ3) is 5.84. The van der Waals surface area contributed by atoms with Crippen molar-refractivity contribution < 1.29 is 14.3 Å². The van der Waals surface area contributed by atoms with Gasteiger partial charge in [-0.25, -0.2) is 4.98 Å². The number of carbonyl (C=O) groups is 1. The highest BCUT2D eigenvalue weighted by molar-refractivity contribution is 9.10. The summed E-state index contributed by atoms with van der Waals surface area (Å²) in [6, 6.07) is 11.6. The van der Waals surface area contributed by atoms with Gasteiger partial charge in [-0.15, -0.1) is 0 Å². The highest BCUT2D eigenvalue weighted by atomic mass is 79.9. The first-order valence-electron chi connectivity index (χ1n) is 11.3. The molecule has 176 valence electrons. The Morgan fingerprint density at radius 2 is 2.03 bits per heavy atom. The lowest BCUT2D eigenvalue weighted by Crippen LogP contribution is -2.46. The third-order valence-electron chi connectivity index (χ3n) is 6.10. The summed E-state index contributed by atoms with van der Waals surface area (Å²) in [5.41, 5.74) is 1.12. The number of halogens is 1. The Balaban J connectivity index is 1.63. The van der Waals surface area contributed by atoms with Crippen LogP contribution in [0.3, 0.4) is 0 Å². The second-order valence-electron chi connectivity index (χ2n) is 8.21. The van der Waals surface area contributed by atoms with Gasteiger partial charge in [0.25, 0.3) is 0 Å². The molecule has 1 amide bonds. The Morgan fingerprint density at radius 1 is 1.27 bits per heavy atom. The van der Waals surface area contributed by atoms with Gasteiger partial charge in [0, 0.05) is 41.9 Å². The summed E-state index contributed by atoms with van der Waals surface area (Å²) in [5, 5.41) is 9.00. The molecule has 0 N–H and O–H groups in total. The third-order valence-corrected chi connectivity index (χ3v) is 6.79. The Bertz CT molecular complexity index is 1000. The second kappa shape index (κ2) is 11.0. The van der Waals surface area contributed by atoms with Gasteiger partial charge in [0.2, 0.25) is 5.91 Å². The first-order chi connectivity index (χ1) is 15.9. The van der Waals surface area contributed by atoms with E-state index >= 15 is 0 Å². The average molecular weight is 515 g/mol. The van der Waals surface area contributed by atoms with Gasteiger partial charge in [0.1, 0.15) is 24.2 Å². The number of aromatic nitrogens is 1. The van der Waals surface area contributed by atoms with Gasteiger partial charge < -0.3 is 19.3 Å². The predicted octanol–water partition coefficient (Wildman–Crippen LogP) is 4.49. The van der Waals surface area contributed by atoms with Crippen molar-refractivity contribution in [1.82, 2.24) is 9.88 Å². The van der Waals surface area contributed by atoms with Crippen LogP contribution in [0, 0.1) is 11.3 Å². The number of hydrogen-bond donors (Lipinski definition) is 0. The van der Waals surface area contributed by atoms with E-state index in [4.69, 9.17) is 14.7 Å². The quantitative estimate of drug-likeness (QED) is 0.439. The van der Waals surface area contributed by atoms with Gasteiger partial charge in [-0.3, -0.25) is 4.79 Å². The number of carbonyl (C=O) groups excluding carboxylic acids is 1. The van der Waals surface area contributed by atoms with Crippen molar-refractivity contribution in [3.05, 3.63) is 52.1 Å². The monoisotopic (exact) mass is 514 g/mol. The number of benzene rings is 1. The van der Waals surface area contributed by atoms with Crippen LogP contribution in [0.2, 0.25) is 0 Å². The lowest BCUT2D eigenvalue weighted by atomic mass is 10.1.